The minimum Gasteiger partial charge on any atom is -0.457 e. The van der Waals surface area contributed by atoms with Crippen LogP contribution in [0.5, 0.6) is 11.5 Å². The maximum absolute atomic E-state index is 15.2. The molecule has 42 heavy (non-hydrogen) atoms. The maximum Gasteiger partial charge on any atom is 0.196 e. The number of nitrogens with zero attached hydrogens (tertiary/aromatic N) is 3. The van der Waals surface area contributed by atoms with E-state index < -0.39 is 0 Å². The minimum atomic E-state index is -0.367. The number of hydrogen-bond donors (Lipinski definition) is 2. The molecule has 1 aliphatic rings. The van der Waals surface area contributed by atoms with Crippen LogP contribution in [0.25, 0.3) is 11.0 Å². The summed E-state index contributed by atoms with van der Waals surface area (Å²) >= 11 is 6.53. The number of aromatic nitrogens is 3. The number of aromatic amines is 1. The van der Waals surface area contributed by atoms with Crippen LogP contribution in [-0.4, -0.2) is 40.1 Å². The molecule has 212 valence electrons. The van der Waals surface area contributed by atoms with Crippen LogP contribution in [0.4, 0.5) is 21.6 Å². The van der Waals surface area contributed by atoms with Gasteiger partial charge in [-0.15, -0.1) is 0 Å². The fraction of sp³-hybridized carbons (Fsp3) is 0.188. The van der Waals surface area contributed by atoms with Gasteiger partial charge in [0, 0.05) is 43.0 Å². The zero-order valence-corrected chi connectivity index (χ0v) is 23.3. The van der Waals surface area contributed by atoms with Crippen LogP contribution in [0, 0.1) is 11.7 Å². The molecule has 2 N–H and O–H groups in total. The van der Waals surface area contributed by atoms with Crippen LogP contribution in [-0.2, 0) is 4.79 Å². The Morgan fingerprint density at radius 2 is 1.86 bits per heavy atom. The number of ether oxygens (including phenoxy) is 1. The molecule has 1 saturated heterocycles. The van der Waals surface area contributed by atoms with Gasteiger partial charge in [0.2, 0.25) is 0 Å². The molecule has 0 amide bonds. The lowest BCUT2D eigenvalue weighted by atomic mass is 9.94. The third-order valence-corrected chi connectivity index (χ3v) is 7.79. The highest BCUT2D eigenvalue weighted by Gasteiger charge is 2.23. The van der Waals surface area contributed by atoms with E-state index in [9.17, 15) is 9.59 Å². The molecule has 3 heterocycles. The molecule has 0 radical (unpaired) electrons. The largest absolute Gasteiger partial charge is 0.457 e. The standard InChI is InChI=1S/C32H27ClFN5O3/c33-26-17-23(42-22-4-2-1-3-5-22)7-8-24(26)30(41)25-18-35-31-29(25)32(37-19-36-31)38-21-6-9-28(27(34)16-21)39-13-10-20(11-14-39)12-15-40/h1-9,15-20H,10-14H2,(H2,35,36,37,38). The van der Waals surface area contributed by atoms with Crippen LogP contribution in [0.1, 0.15) is 35.2 Å². The van der Waals surface area contributed by atoms with Gasteiger partial charge in [0.05, 0.1) is 21.7 Å². The Hall–Kier alpha value is -4.76. The number of para-hydroxylation sites is 1. The van der Waals surface area contributed by atoms with Crippen LogP contribution in [0.15, 0.2) is 79.3 Å². The number of benzene rings is 3. The molecular formula is C32H27ClFN5O3. The number of carbonyl (C=O) groups excluding carboxylic acids is 2. The third-order valence-electron chi connectivity index (χ3n) is 7.47. The van der Waals surface area contributed by atoms with Gasteiger partial charge in [-0.2, -0.15) is 0 Å². The van der Waals surface area contributed by atoms with Gasteiger partial charge in [0.25, 0.3) is 0 Å². The summed E-state index contributed by atoms with van der Waals surface area (Å²) in [5, 5.41) is 3.85. The number of nitrogens with one attached hydrogen (secondary N) is 2. The predicted molar refractivity (Wildman–Crippen MR) is 161 cm³/mol. The Kier molecular flexibility index (Phi) is 7.83. The van der Waals surface area contributed by atoms with Crippen molar-refractivity contribution in [1.29, 1.82) is 0 Å². The molecule has 0 spiro atoms. The van der Waals surface area contributed by atoms with Gasteiger partial charge >= 0.3 is 0 Å². The fourth-order valence-electron chi connectivity index (χ4n) is 5.27. The van der Waals surface area contributed by atoms with Gasteiger partial charge < -0.3 is 24.7 Å². The van der Waals surface area contributed by atoms with Crippen molar-refractivity contribution in [3.05, 3.63) is 101 Å². The lowest BCUT2D eigenvalue weighted by molar-refractivity contribution is -0.108. The number of hydrogen-bond acceptors (Lipinski definition) is 7. The number of rotatable bonds is 9. The number of anilines is 3. The highest BCUT2D eigenvalue weighted by Crippen LogP contribution is 2.33. The third kappa shape index (κ3) is 5.69. The Labute approximate surface area is 246 Å². The molecule has 5 aromatic rings. The minimum absolute atomic E-state index is 0.238. The van der Waals surface area contributed by atoms with Crippen molar-refractivity contribution in [1.82, 2.24) is 15.0 Å². The Morgan fingerprint density at radius 3 is 2.60 bits per heavy atom. The first-order valence-electron chi connectivity index (χ1n) is 13.6. The van der Waals surface area contributed by atoms with Crippen LogP contribution in [0.2, 0.25) is 5.02 Å². The van der Waals surface area contributed by atoms with Crippen molar-refractivity contribution in [2.24, 2.45) is 5.92 Å². The Bertz CT molecular complexity index is 1750. The molecule has 0 bridgehead atoms. The average molecular weight is 584 g/mol. The average Bonchev–Trinajstić information content (AvgIpc) is 3.44. The van der Waals surface area contributed by atoms with Crippen molar-refractivity contribution < 1.29 is 18.7 Å². The highest BCUT2D eigenvalue weighted by atomic mass is 35.5. The second-order valence-corrected chi connectivity index (χ2v) is 10.6. The first-order valence-corrected chi connectivity index (χ1v) is 14.0. The van der Waals surface area contributed by atoms with Crippen LogP contribution in [0.3, 0.4) is 0 Å². The number of halogens is 2. The smallest absolute Gasteiger partial charge is 0.196 e. The number of aldehydes is 1. The van der Waals surface area contributed by atoms with E-state index in [-0.39, 0.29) is 16.6 Å². The van der Waals surface area contributed by atoms with Gasteiger partial charge in [-0.05, 0) is 61.2 Å². The van der Waals surface area contributed by atoms with Crippen molar-refractivity contribution in [2.75, 3.05) is 23.3 Å². The summed E-state index contributed by atoms with van der Waals surface area (Å²) in [6, 6.07) is 19.1. The molecule has 0 aliphatic carbocycles. The fourth-order valence-corrected chi connectivity index (χ4v) is 5.53. The summed E-state index contributed by atoms with van der Waals surface area (Å²) in [7, 11) is 0. The van der Waals surface area contributed by atoms with E-state index >= 15 is 4.39 Å². The van der Waals surface area contributed by atoms with Gasteiger partial charge in [-0.3, -0.25) is 4.79 Å². The number of ketones is 1. The first kappa shape index (κ1) is 27.4. The molecule has 6 rings (SSSR count). The maximum atomic E-state index is 15.2. The van der Waals surface area contributed by atoms with E-state index in [1.54, 1.807) is 36.5 Å². The van der Waals surface area contributed by atoms with E-state index in [1.165, 1.54) is 12.4 Å². The number of H-pyrrole nitrogens is 1. The topological polar surface area (TPSA) is 100 Å². The molecule has 1 fully saturated rings. The van der Waals surface area contributed by atoms with Crippen molar-refractivity contribution >= 4 is 51.9 Å². The second kappa shape index (κ2) is 12.0. The molecule has 0 unspecified atom stereocenters. The van der Waals surface area contributed by atoms with E-state index in [1.807, 2.05) is 35.2 Å². The van der Waals surface area contributed by atoms with E-state index in [0.29, 0.717) is 76.3 Å². The van der Waals surface area contributed by atoms with Crippen LogP contribution < -0.4 is 15.0 Å². The molecule has 1 aliphatic heterocycles. The Morgan fingerprint density at radius 1 is 1.05 bits per heavy atom. The van der Waals surface area contributed by atoms with E-state index in [4.69, 9.17) is 16.3 Å². The number of piperidine rings is 1. The predicted octanol–water partition coefficient (Wildman–Crippen LogP) is 7.32. The van der Waals surface area contributed by atoms with E-state index in [2.05, 4.69) is 20.3 Å². The summed E-state index contributed by atoms with van der Waals surface area (Å²) in [5.74, 6) is 1.18. The molecule has 10 heteroatoms. The summed E-state index contributed by atoms with van der Waals surface area (Å²) in [6.07, 6.45) is 6.15. The molecule has 3 aromatic carbocycles. The van der Waals surface area contributed by atoms with Gasteiger partial charge in [-0.25, -0.2) is 14.4 Å². The van der Waals surface area contributed by atoms with Crippen molar-refractivity contribution in [3.8, 4) is 11.5 Å². The lowest BCUT2D eigenvalue weighted by Gasteiger charge is -2.33. The quantitative estimate of drug-likeness (QED) is 0.138. The van der Waals surface area contributed by atoms with E-state index in [0.717, 1.165) is 19.1 Å². The summed E-state index contributed by atoms with van der Waals surface area (Å²) in [6.45, 7) is 1.40. The summed E-state index contributed by atoms with van der Waals surface area (Å²) in [5.41, 5.74) is 2.06. The normalized spacial score (nSPS) is 13.7. The van der Waals surface area contributed by atoms with Crippen molar-refractivity contribution in [2.45, 2.75) is 19.3 Å². The van der Waals surface area contributed by atoms with Crippen molar-refractivity contribution in [3.63, 3.8) is 0 Å². The Balaban J connectivity index is 1.23. The van der Waals surface area contributed by atoms with Crippen LogP contribution >= 0.6 is 11.6 Å². The lowest BCUT2D eigenvalue weighted by Crippen LogP contribution is -2.34. The number of carbonyl (C=O) groups is 2. The first-order chi connectivity index (χ1) is 20.5. The molecule has 8 nitrogen and oxygen atoms in total. The molecular weight excluding hydrogens is 557 g/mol. The molecule has 0 saturated carbocycles. The van der Waals surface area contributed by atoms with Gasteiger partial charge in [-0.1, -0.05) is 29.8 Å². The summed E-state index contributed by atoms with van der Waals surface area (Å²) < 4.78 is 21.1. The SMILES string of the molecule is O=CCC1CCN(c2ccc(Nc3ncnc4[nH]cc(C(=O)c5ccc(Oc6ccccc6)cc5Cl)c34)cc2F)CC1. The molecule has 0 atom stereocenters. The monoisotopic (exact) mass is 583 g/mol. The zero-order valence-electron chi connectivity index (χ0n) is 22.5. The number of fused-ring (bicyclic) bond motifs is 1. The highest BCUT2D eigenvalue weighted by molar-refractivity contribution is 6.35. The zero-order chi connectivity index (χ0) is 29.1. The summed E-state index contributed by atoms with van der Waals surface area (Å²) in [4.78, 5) is 38.1. The van der Waals surface area contributed by atoms with Gasteiger partial charge in [0.1, 0.15) is 41.4 Å². The molecule has 2 aromatic heterocycles. The second-order valence-electron chi connectivity index (χ2n) is 10.2. The van der Waals surface area contributed by atoms with Gasteiger partial charge in [0.15, 0.2) is 5.78 Å².